The average molecular weight is 357 g/mol. The van der Waals surface area contributed by atoms with E-state index in [9.17, 15) is 9.90 Å². The van der Waals surface area contributed by atoms with E-state index in [4.69, 9.17) is 5.11 Å². The van der Waals surface area contributed by atoms with Crippen LogP contribution in [0.1, 0.15) is 11.7 Å². The molecule has 13 heavy (non-hydrogen) atoms. The lowest BCUT2D eigenvalue weighted by Gasteiger charge is -2.07. The molecular weight excluding hydrogens is 351 g/mol. The molecule has 0 spiro atoms. The Bertz CT molecular complexity index is 340. The summed E-state index contributed by atoms with van der Waals surface area (Å²) in [6, 6.07) is 5.04. The summed E-state index contributed by atoms with van der Waals surface area (Å²) in [6.45, 7) is 0. The molecule has 0 heterocycles. The zero-order valence-electron chi connectivity index (χ0n) is 6.37. The minimum Gasteiger partial charge on any atom is -0.479 e. The smallest absolute Gasteiger partial charge is 0.337 e. The topological polar surface area (TPSA) is 57.5 Å². The summed E-state index contributed by atoms with van der Waals surface area (Å²) in [5, 5.41) is 17.8. The summed E-state index contributed by atoms with van der Waals surface area (Å²) in [4.78, 5) is 10.5. The van der Waals surface area contributed by atoms with Crippen molar-refractivity contribution in [2.45, 2.75) is 6.10 Å². The highest BCUT2D eigenvalue weighted by atomic mass is 127. The number of halogens is 2. The Hall–Kier alpha value is -0.140. The van der Waals surface area contributed by atoms with Gasteiger partial charge in [-0.15, -0.1) is 0 Å². The van der Waals surface area contributed by atoms with Gasteiger partial charge < -0.3 is 10.2 Å². The van der Waals surface area contributed by atoms with Gasteiger partial charge in [-0.1, -0.05) is 22.0 Å². The van der Waals surface area contributed by atoms with Crippen LogP contribution in [0.5, 0.6) is 0 Å². The van der Waals surface area contributed by atoms with E-state index in [1.54, 1.807) is 18.2 Å². The Morgan fingerprint density at radius 3 is 2.62 bits per heavy atom. The van der Waals surface area contributed by atoms with E-state index in [2.05, 4.69) is 15.9 Å². The minimum atomic E-state index is -1.44. The summed E-state index contributed by atoms with van der Waals surface area (Å²) >= 11 is 5.23. The Labute approximate surface area is 97.0 Å². The fraction of sp³-hybridized carbons (Fsp3) is 0.125. The van der Waals surface area contributed by atoms with Gasteiger partial charge in [-0.2, -0.15) is 0 Å². The van der Waals surface area contributed by atoms with Crippen molar-refractivity contribution in [2.24, 2.45) is 0 Å². The average Bonchev–Trinajstić information content (AvgIpc) is 2.03. The van der Waals surface area contributed by atoms with Crippen LogP contribution in [-0.4, -0.2) is 16.2 Å². The first-order chi connectivity index (χ1) is 6.02. The first kappa shape index (κ1) is 10.9. The third-order valence-electron chi connectivity index (χ3n) is 1.49. The summed E-state index contributed by atoms with van der Waals surface area (Å²) in [6.07, 6.45) is -1.44. The standard InChI is InChI=1S/C8H6BrIO3/c9-4-1-2-5(6(10)3-4)7(11)8(12)13/h1-3,7,11H,(H,12,13). The van der Waals surface area contributed by atoms with Gasteiger partial charge in [-0.05, 0) is 34.7 Å². The number of hydrogen-bond donors (Lipinski definition) is 2. The van der Waals surface area contributed by atoms with Crippen LogP contribution in [0.15, 0.2) is 22.7 Å². The molecule has 1 unspecified atom stereocenters. The molecule has 1 aromatic rings. The number of aliphatic hydroxyl groups excluding tert-OH is 1. The van der Waals surface area contributed by atoms with E-state index < -0.39 is 12.1 Å². The molecule has 1 aromatic carbocycles. The van der Waals surface area contributed by atoms with Gasteiger partial charge in [-0.25, -0.2) is 4.79 Å². The van der Waals surface area contributed by atoms with E-state index in [1.165, 1.54) is 0 Å². The summed E-state index contributed by atoms with van der Waals surface area (Å²) in [5.74, 6) is -1.24. The minimum absolute atomic E-state index is 0.413. The van der Waals surface area contributed by atoms with Gasteiger partial charge in [0.2, 0.25) is 0 Å². The number of aliphatic hydroxyl groups is 1. The lowest BCUT2D eigenvalue weighted by Crippen LogP contribution is -2.11. The number of carboxylic acid groups (broad SMARTS) is 1. The Morgan fingerprint density at radius 1 is 1.54 bits per heavy atom. The predicted molar refractivity (Wildman–Crippen MR) is 59.5 cm³/mol. The van der Waals surface area contributed by atoms with Crippen LogP contribution >= 0.6 is 38.5 Å². The molecule has 0 bridgehead atoms. The second-order valence-electron chi connectivity index (χ2n) is 2.41. The van der Waals surface area contributed by atoms with E-state index in [0.717, 1.165) is 8.04 Å². The van der Waals surface area contributed by atoms with E-state index in [1.807, 2.05) is 22.6 Å². The lowest BCUT2D eigenvalue weighted by molar-refractivity contribution is -0.147. The van der Waals surface area contributed by atoms with Crippen molar-refractivity contribution in [3.63, 3.8) is 0 Å². The SMILES string of the molecule is O=C(O)C(O)c1ccc(Br)cc1I. The number of hydrogen-bond acceptors (Lipinski definition) is 2. The van der Waals surface area contributed by atoms with Crippen molar-refractivity contribution in [2.75, 3.05) is 0 Å². The fourth-order valence-corrected chi connectivity index (χ4v) is 2.46. The van der Waals surface area contributed by atoms with Gasteiger partial charge in [0, 0.05) is 13.6 Å². The first-order valence-electron chi connectivity index (χ1n) is 3.38. The highest BCUT2D eigenvalue weighted by Gasteiger charge is 2.18. The number of benzene rings is 1. The molecule has 0 saturated heterocycles. The summed E-state index contributed by atoms with van der Waals surface area (Å²) in [7, 11) is 0. The number of aliphatic carboxylic acids is 1. The maximum absolute atomic E-state index is 10.5. The molecule has 0 amide bonds. The van der Waals surface area contributed by atoms with Crippen molar-refractivity contribution in [1.82, 2.24) is 0 Å². The van der Waals surface area contributed by atoms with Crippen LogP contribution in [0, 0.1) is 3.57 Å². The predicted octanol–water partition coefficient (Wildman–Crippen LogP) is 2.17. The van der Waals surface area contributed by atoms with Crippen LogP contribution in [0.2, 0.25) is 0 Å². The monoisotopic (exact) mass is 356 g/mol. The number of carboxylic acids is 1. The van der Waals surface area contributed by atoms with Gasteiger partial charge in [-0.3, -0.25) is 0 Å². The van der Waals surface area contributed by atoms with Gasteiger partial charge in [0.25, 0.3) is 0 Å². The molecule has 2 N–H and O–H groups in total. The second kappa shape index (κ2) is 4.39. The van der Waals surface area contributed by atoms with Gasteiger partial charge in [0.05, 0.1) is 0 Å². The Morgan fingerprint density at radius 2 is 2.15 bits per heavy atom. The quantitative estimate of drug-likeness (QED) is 0.798. The molecule has 0 aliphatic carbocycles. The van der Waals surface area contributed by atoms with Crippen LogP contribution in [0.4, 0.5) is 0 Å². The van der Waals surface area contributed by atoms with Crippen LogP contribution in [0.25, 0.3) is 0 Å². The van der Waals surface area contributed by atoms with Crippen molar-refractivity contribution >= 4 is 44.5 Å². The van der Waals surface area contributed by atoms with Crippen molar-refractivity contribution in [3.05, 3.63) is 31.8 Å². The normalized spacial score (nSPS) is 12.5. The fourth-order valence-electron chi connectivity index (χ4n) is 0.856. The molecule has 0 aliphatic heterocycles. The van der Waals surface area contributed by atoms with Gasteiger partial charge >= 0.3 is 5.97 Å². The van der Waals surface area contributed by atoms with Gasteiger partial charge in [0.15, 0.2) is 6.10 Å². The van der Waals surface area contributed by atoms with Crippen molar-refractivity contribution < 1.29 is 15.0 Å². The summed E-state index contributed by atoms with van der Waals surface area (Å²) in [5.41, 5.74) is 0.413. The van der Waals surface area contributed by atoms with Crippen LogP contribution in [-0.2, 0) is 4.79 Å². The van der Waals surface area contributed by atoms with E-state index >= 15 is 0 Å². The van der Waals surface area contributed by atoms with E-state index in [-0.39, 0.29) is 0 Å². The van der Waals surface area contributed by atoms with E-state index in [0.29, 0.717) is 5.56 Å². The van der Waals surface area contributed by atoms with Crippen LogP contribution < -0.4 is 0 Å². The Kier molecular flexibility index (Phi) is 3.69. The molecule has 70 valence electrons. The zero-order valence-corrected chi connectivity index (χ0v) is 10.1. The molecule has 0 fully saturated rings. The first-order valence-corrected chi connectivity index (χ1v) is 5.25. The highest BCUT2D eigenvalue weighted by molar-refractivity contribution is 14.1. The molecule has 0 saturated carbocycles. The Balaban J connectivity index is 3.08. The molecule has 3 nitrogen and oxygen atoms in total. The van der Waals surface area contributed by atoms with Crippen molar-refractivity contribution in [3.8, 4) is 0 Å². The molecular formula is C8H6BrIO3. The largest absolute Gasteiger partial charge is 0.479 e. The molecule has 1 atom stereocenters. The second-order valence-corrected chi connectivity index (χ2v) is 4.48. The van der Waals surface area contributed by atoms with Crippen molar-refractivity contribution in [1.29, 1.82) is 0 Å². The number of rotatable bonds is 2. The lowest BCUT2D eigenvalue weighted by atomic mass is 10.1. The zero-order chi connectivity index (χ0) is 10.0. The third kappa shape index (κ3) is 2.65. The van der Waals surface area contributed by atoms with Gasteiger partial charge in [0.1, 0.15) is 0 Å². The molecule has 1 rings (SSSR count). The molecule has 0 aromatic heterocycles. The maximum atomic E-state index is 10.5. The highest BCUT2D eigenvalue weighted by Crippen LogP contribution is 2.23. The number of carbonyl (C=O) groups is 1. The molecule has 5 heteroatoms. The van der Waals surface area contributed by atoms with Crippen LogP contribution in [0.3, 0.4) is 0 Å². The third-order valence-corrected chi connectivity index (χ3v) is 2.92. The molecule has 0 radical (unpaired) electrons. The summed E-state index contributed by atoms with van der Waals surface area (Å²) < 4.78 is 1.58. The molecule has 0 aliphatic rings. The maximum Gasteiger partial charge on any atom is 0.337 e.